The van der Waals surface area contributed by atoms with Crippen LogP contribution >= 0.6 is 58.1 Å². The van der Waals surface area contributed by atoms with Gasteiger partial charge in [-0.15, -0.1) is 0 Å². The van der Waals surface area contributed by atoms with Crippen LogP contribution in [0.4, 0.5) is 0 Å². The van der Waals surface area contributed by atoms with Crippen LogP contribution in [-0.4, -0.2) is 0 Å². The Labute approximate surface area is 82.8 Å². The molecule has 0 N–H and O–H groups in total. The molecule has 0 rings (SSSR count). The minimum atomic E-state index is -5.22. The Hall–Kier alpha value is 2.99. The second-order valence-corrected chi connectivity index (χ2v) is 40.3. The van der Waals surface area contributed by atoms with Gasteiger partial charge in [0.1, 0.15) is 0 Å². The zero-order valence-corrected chi connectivity index (χ0v) is 11.0. The van der Waals surface area contributed by atoms with Gasteiger partial charge < -0.3 is 0 Å². The van der Waals surface area contributed by atoms with Gasteiger partial charge in [-0.1, -0.05) is 0 Å². The van der Waals surface area contributed by atoms with E-state index >= 15 is 0 Å². The standard InChI is InChI=1S/6ClH.2Ru/h6*1H;;/q;;;;;;;+6/p-6. The van der Waals surface area contributed by atoms with Gasteiger partial charge in [-0.2, -0.15) is 0 Å². The molecule has 0 nitrogen and oxygen atoms in total. The van der Waals surface area contributed by atoms with Gasteiger partial charge in [0.15, 0.2) is 0 Å². The van der Waals surface area contributed by atoms with Gasteiger partial charge in [-0.25, -0.2) is 0 Å². The molecular weight excluding hydrogens is 415 g/mol. The van der Waals surface area contributed by atoms with Gasteiger partial charge in [-0.3, -0.25) is 0 Å². The molecule has 58 valence electrons. The smallest absolute Gasteiger partial charge is 0 e. The molecule has 0 saturated carbocycles. The molecular formula is Cl6Ru2. The van der Waals surface area contributed by atoms with Crippen LogP contribution in [0.2, 0.25) is 0 Å². The summed E-state index contributed by atoms with van der Waals surface area (Å²) in [6.07, 6.45) is 0. The Morgan fingerprint density at radius 2 is 0.625 bits per heavy atom. The van der Waals surface area contributed by atoms with Crippen molar-refractivity contribution in [3.8, 4) is 0 Å². The van der Waals surface area contributed by atoms with Crippen LogP contribution in [-0.2, 0) is 26.0 Å². The summed E-state index contributed by atoms with van der Waals surface area (Å²) in [5.74, 6) is 0. The Bertz CT molecular complexity index is 65.1. The molecule has 0 heterocycles. The number of rotatable bonds is 0. The molecule has 0 aromatic heterocycles. The second-order valence-electron chi connectivity index (χ2n) is 0.758. The normalized spacial score (nSPS) is 20.2. The van der Waals surface area contributed by atoms with Crippen molar-refractivity contribution >= 4 is 58.1 Å². The quantitative estimate of drug-likeness (QED) is 0.523. The molecule has 0 aromatic rings. The zero-order chi connectivity index (χ0) is 6.41. The first-order chi connectivity index (χ1) is 2.45. The number of hydrogen-bond acceptors (Lipinski definition) is 0. The van der Waals surface area contributed by atoms with E-state index in [1.165, 1.54) is 0 Å². The Kier molecular flexibility index (Phi) is 4.23. The van der Waals surface area contributed by atoms with Gasteiger partial charge in [0, 0.05) is 19.5 Å². The summed E-state index contributed by atoms with van der Waals surface area (Å²) in [7, 11) is 30.3. The van der Waals surface area contributed by atoms with Gasteiger partial charge in [0.25, 0.3) is 0 Å². The van der Waals surface area contributed by atoms with E-state index < -0.39 is 6.48 Å². The molecule has 0 saturated heterocycles. The zero-order valence-electron chi connectivity index (χ0n) is 2.97. The van der Waals surface area contributed by atoms with Crippen LogP contribution in [0.25, 0.3) is 0 Å². The van der Waals surface area contributed by atoms with E-state index in [1.54, 1.807) is 0 Å². The van der Waals surface area contributed by atoms with Crippen molar-refractivity contribution < 1.29 is 26.0 Å². The SMILES string of the molecule is [Cl][Ru]([Cl])([Cl])([Cl])([Cl])[Cl].[Ru]. The Balaban J connectivity index is 0. The summed E-state index contributed by atoms with van der Waals surface area (Å²) in [6.45, 7) is -5.22. The minimum absolute atomic E-state index is 0. The van der Waals surface area contributed by atoms with Crippen LogP contribution in [0.5, 0.6) is 0 Å². The van der Waals surface area contributed by atoms with E-state index in [0.717, 1.165) is 0 Å². The molecule has 8 heavy (non-hydrogen) atoms. The van der Waals surface area contributed by atoms with E-state index in [1.807, 2.05) is 0 Å². The number of hydrogen-bond donors (Lipinski definition) is 0. The van der Waals surface area contributed by atoms with E-state index in [4.69, 9.17) is 58.1 Å². The first-order valence-corrected chi connectivity index (χ1v) is 14.2. The summed E-state index contributed by atoms with van der Waals surface area (Å²) in [5, 5.41) is 0. The van der Waals surface area contributed by atoms with Crippen LogP contribution < -0.4 is 0 Å². The first-order valence-electron chi connectivity index (χ1n) is 0.802. The van der Waals surface area contributed by atoms with E-state index in [0.29, 0.717) is 0 Å². The third-order valence-electron chi connectivity index (χ3n) is 0. The maximum Gasteiger partial charge on any atom is 0 e. The fraction of sp³-hybridized carbons (Fsp3) is 0. The maximum absolute atomic E-state index is 5.22. The Morgan fingerprint density at radius 3 is 0.625 bits per heavy atom. The molecule has 0 aliphatic heterocycles. The Morgan fingerprint density at radius 1 is 0.625 bits per heavy atom. The van der Waals surface area contributed by atoms with E-state index in [2.05, 4.69) is 0 Å². The first kappa shape index (κ1) is 13.6. The predicted molar refractivity (Wildman–Crippen MR) is 35.1 cm³/mol. The fourth-order valence-electron chi connectivity index (χ4n) is 0. The van der Waals surface area contributed by atoms with Crippen molar-refractivity contribution in [2.45, 2.75) is 0 Å². The maximum atomic E-state index is 5.04. The monoisotopic (exact) mass is 414 g/mol. The average molecular weight is 415 g/mol. The molecule has 0 fully saturated rings. The third kappa shape index (κ3) is 64.3. The van der Waals surface area contributed by atoms with Crippen molar-refractivity contribution in [1.82, 2.24) is 0 Å². The average Bonchev–Trinajstić information content (AvgIpc) is 0.592. The van der Waals surface area contributed by atoms with Gasteiger partial charge >= 0.3 is 64.6 Å². The molecule has 0 atom stereocenters. The molecule has 0 spiro atoms. The van der Waals surface area contributed by atoms with Crippen LogP contribution in [0.15, 0.2) is 0 Å². The minimum Gasteiger partial charge on any atom is 0 e. The van der Waals surface area contributed by atoms with E-state index in [-0.39, 0.29) is 19.5 Å². The van der Waals surface area contributed by atoms with Crippen molar-refractivity contribution in [3.05, 3.63) is 0 Å². The largest absolute Gasteiger partial charge is 0 e. The van der Waals surface area contributed by atoms with Gasteiger partial charge in [0.2, 0.25) is 0 Å². The van der Waals surface area contributed by atoms with Crippen LogP contribution in [0.3, 0.4) is 0 Å². The van der Waals surface area contributed by atoms with Gasteiger partial charge in [-0.05, 0) is 0 Å². The van der Waals surface area contributed by atoms with Crippen molar-refractivity contribution in [1.29, 1.82) is 0 Å². The molecule has 0 bridgehead atoms. The topological polar surface area (TPSA) is 0 Å². The summed E-state index contributed by atoms with van der Waals surface area (Å²) in [6, 6.07) is 0. The fourth-order valence-corrected chi connectivity index (χ4v) is 0. The summed E-state index contributed by atoms with van der Waals surface area (Å²) >= 11 is 0. The molecule has 0 aliphatic rings. The van der Waals surface area contributed by atoms with E-state index in [9.17, 15) is 0 Å². The van der Waals surface area contributed by atoms with Gasteiger partial charge in [0.05, 0.1) is 0 Å². The van der Waals surface area contributed by atoms with Crippen molar-refractivity contribution in [2.75, 3.05) is 0 Å². The summed E-state index contributed by atoms with van der Waals surface area (Å²) in [5.41, 5.74) is 0. The van der Waals surface area contributed by atoms with Crippen molar-refractivity contribution in [2.24, 2.45) is 0 Å². The molecule has 0 aliphatic carbocycles. The van der Waals surface area contributed by atoms with Crippen LogP contribution in [0, 0.1) is 0 Å². The molecule has 0 unspecified atom stereocenters. The summed E-state index contributed by atoms with van der Waals surface area (Å²) < 4.78 is 0. The van der Waals surface area contributed by atoms with Crippen LogP contribution in [0.1, 0.15) is 0 Å². The molecule has 0 radical (unpaired) electrons. The molecule has 8 heteroatoms. The molecule has 0 aromatic carbocycles. The van der Waals surface area contributed by atoms with Crippen molar-refractivity contribution in [3.63, 3.8) is 0 Å². The second kappa shape index (κ2) is 2.49. The number of halogens is 6. The molecule has 0 amide bonds. The predicted octanol–water partition coefficient (Wildman–Crippen LogP) is 4.13. The third-order valence-corrected chi connectivity index (χ3v) is 0. The summed E-state index contributed by atoms with van der Waals surface area (Å²) in [4.78, 5) is 0.